The summed E-state index contributed by atoms with van der Waals surface area (Å²) >= 11 is 0. The van der Waals surface area contributed by atoms with E-state index >= 15 is 0 Å². The second-order valence-electron chi connectivity index (χ2n) is 5.13. The van der Waals surface area contributed by atoms with Gasteiger partial charge in [-0.3, -0.25) is 0 Å². The maximum absolute atomic E-state index is 11.6. The van der Waals surface area contributed by atoms with Gasteiger partial charge in [0.15, 0.2) is 0 Å². The van der Waals surface area contributed by atoms with Gasteiger partial charge in [0, 0.05) is 19.1 Å². The van der Waals surface area contributed by atoms with E-state index in [-0.39, 0.29) is 6.10 Å². The average molecular weight is 258 g/mol. The van der Waals surface area contributed by atoms with Crippen LogP contribution in [-0.2, 0) is 9.53 Å². The third-order valence-electron chi connectivity index (χ3n) is 3.23. The number of carboxylic acid groups (broad SMARTS) is 1. The van der Waals surface area contributed by atoms with Gasteiger partial charge >= 0.3 is 12.0 Å². The molecule has 0 spiro atoms. The van der Waals surface area contributed by atoms with Crippen LogP contribution in [0.25, 0.3) is 0 Å². The van der Waals surface area contributed by atoms with E-state index in [1.165, 1.54) is 13.8 Å². The van der Waals surface area contributed by atoms with Crippen LogP contribution in [0.1, 0.15) is 33.6 Å². The lowest BCUT2D eigenvalue weighted by molar-refractivity contribution is -0.142. The predicted octanol–water partition coefficient (Wildman–Crippen LogP) is 0.964. The third kappa shape index (κ3) is 3.87. The Hall–Kier alpha value is -1.30. The second kappa shape index (κ2) is 6.04. The maximum Gasteiger partial charge on any atom is 0.328 e. The van der Waals surface area contributed by atoms with Crippen LogP contribution in [0.2, 0.25) is 0 Å². The molecular weight excluding hydrogens is 236 g/mol. The summed E-state index contributed by atoms with van der Waals surface area (Å²) in [5, 5.41) is 14.0. The lowest BCUT2D eigenvalue weighted by Crippen LogP contribution is -2.53. The molecule has 0 saturated carbocycles. The Balaban J connectivity index is 2.35. The van der Waals surface area contributed by atoms with Crippen LogP contribution in [-0.4, -0.2) is 41.9 Å². The smallest absolute Gasteiger partial charge is 0.328 e. The van der Waals surface area contributed by atoms with Crippen molar-refractivity contribution in [2.45, 2.75) is 45.3 Å². The van der Waals surface area contributed by atoms with Crippen molar-refractivity contribution in [1.29, 1.82) is 0 Å². The number of rotatable bonds is 5. The van der Waals surface area contributed by atoms with Crippen LogP contribution in [0.15, 0.2) is 0 Å². The van der Waals surface area contributed by atoms with Gasteiger partial charge in [-0.2, -0.15) is 0 Å². The number of carbonyl (C=O) groups is 2. The minimum Gasteiger partial charge on any atom is -0.480 e. The Labute approximate surface area is 107 Å². The van der Waals surface area contributed by atoms with Crippen LogP contribution < -0.4 is 10.6 Å². The van der Waals surface area contributed by atoms with Gasteiger partial charge in [-0.1, -0.05) is 6.92 Å². The molecule has 1 aliphatic rings. The molecule has 0 aromatic heterocycles. The van der Waals surface area contributed by atoms with Gasteiger partial charge in [0.05, 0.1) is 6.10 Å². The molecule has 0 bridgehead atoms. The number of hydrogen-bond acceptors (Lipinski definition) is 3. The third-order valence-corrected chi connectivity index (χ3v) is 3.23. The predicted molar refractivity (Wildman–Crippen MR) is 66.4 cm³/mol. The van der Waals surface area contributed by atoms with Gasteiger partial charge in [0.25, 0.3) is 0 Å². The molecule has 1 aliphatic heterocycles. The van der Waals surface area contributed by atoms with Crippen molar-refractivity contribution in [2.24, 2.45) is 5.92 Å². The highest BCUT2D eigenvalue weighted by Crippen LogP contribution is 2.22. The summed E-state index contributed by atoms with van der Waals surface area (Å²) in [6.07, 6.45) is 2.05. The molecule has 0 aromatic carbocycles. The number of carbonyl (C=O) groups excluding carboxylic acids is 1. The number of hydrogen-bond donors (Lipinski definition) is 3. The van der Waals surface area contributed by atoms with E-state index in [0.29, 0.717) is 12.5 Å². The molecule has 0 aromatic rings. The first kappa shape index (κ1) is 14.8. The Morgan fingerprint density at radius 3 is 2.67 bits per heavy atom. The van der Waals surface area contributed by atoms with Crippen LogP contribution in [0.5, 0.6) is 0 Å². The van der Waals surface area contributed by atoms with Gasteiger partial charge in [0.1, 0.15) is 5.54 Å². The Morgan fingerprint density at radius 2 is 2.11 bits per heavy atom. The highest BCUT2D eigenvalue weighted by molar-refractivity contribution is 5.85. The lowest BCUT2D eigenvalue weighted by atomic mass is 10.00. The standard InChI is InChI=1S/C12H22N2O4/c1-4-9-8(5-6-18-9)7-13-11(17)14-12(2,3)10(15)16/h8-9H,4-7H2,1-3H3,(H,15,16)(H2,13,14,17). The normalized spacial score (nSPS) is 23.7. The molecule has 1 heterocycles. The fraction of sp³-hybridized carbons (Fsp3) is 0.833. The Morgan fingerprint density at radius 1 is 1.44 bits per heavy atom. The van der Waals surface area contributed by atoms with Gasteiger partial charge in [-0.15, -0.1) is 0 Å². The largest absolute Gasteiger partial charge is 0.480 e. The van der Waals surface area contributed by atoms with Crippen molar-refractivity contribution in [2.75, 3.05) is 13.2 Å². The van der Waals surface area contributed by atoms with E-state index < -0.39 is 17.5 Å². The van der Waals surface area contributed by atoms with Crippen LogP contribution >= 0.6 is 0 Å². The first-order valence-corrected chi connectivity index (χ1v) is 6.27. The van der Waals surface area contributed by atoms with Crippen molar-refractivity contribution in [3.63, 3.8) is 0 Å². The molecule has 2 amide bonds. The summed E-state index contributed by atoms with van der Waals surface area (Å²) in [5.74, 6) is -0.748. The lowest BCUT2D eigenvalue weighted by Gasteiger charge is -2.23. The number of urea groups is 1. The monoisotopic (exact) mass is 258 g/mol. The van der Waals surface area contributed by atoms with Crippen molar-refractivity contribution >= 4 is 12.0 Å². The van der Waals surface area contributed by atoms with Crippen molar-refractivity contribution in [3.8, 4) is 0 Å². The molecule has 6 heteroatoms. The van der Waals surface area contributed by atoms with Crippen LogP contribution in [0.3, 0.4) is 0 Å². The van der Waals surface area contributed by atoms with E-state index in [1.807, 2.05) is 0 Å². The van der Waals surface area contributed by atoms with Crippen molar-refractivity contribution in [1.82, 2.24) is 10.6 Å². The summed E-state index contributed by atoms with van der Waals surface area (Å²) < 4.78 is 5.52. The quantitative estimate of drug-likeness (QED) is 0.685. The summed E-state index contributed by atoms with van der Waals surface area (Å²) in [6.45, 7) is 6.19. The Bertz CT molecular complexity index is 317. The molecule has 6 nitrogen and oxygen atoms in total. The molecule has 1 rings (SSSR count). The number of ether oxygens (including phenoxy) is 1. The van der Waals surface area contributed by atoms with E-state index in [1.54, 1.807) is 0 Å². The summed E-state index contributed by atoms with van der Waals surface area (Å²) in [4.78, 5) is 22.4. The van der Waals surface area contributed by atoms with Crippen LogP contribution in [0, 0.1) is 5.92 Å². The molecule has 2 unspecified atom stereocenters. The maximum atomic E-state index is 11.6. The number of amides is 2. The van der Waals surface area contributed by atoms with E-state index in [0.717, 1.165) is 19.4 Å². The zero-order valence-electron chi connectivity index (χ0n) is 11.2. The molecule has 0 radical (unpaired) electrons. The van der Waals surface area contributed by atoms with Crippen LogP contribution in [0.4, 0.5) is 4.79 Å². The average Bonchev–Trinajstić information content (AvgIpc) is 2.72. The molecule has 18 heavy (non-hydrogen) atoms. The number of aliphatic carboxylic acids is 1. The fourth-order valence-corrected chi connectivity index (χ4v) is 1.98. The second-order valence-corrected chi connectivity index (χ2v) is 5.13. The molecular formula is C12H22N2O4. The molecule has 1 fully saturated rings. The zero-order valence-corrected chi connectivity index (χ0v) is 11.2. The van der Waals surface area contributed by atoms with Gasteiger partial charge < -0.3 is 20.5 Å². The van der Waals surface area contributed by atoms with Crippen molar-refractivity contribution < 1.29 is 19.4 Å². The minimum absolute atomic E-state index is 0.192. The van der Waals surface area contributed by atoms with Gasteiger partial charge in [0.2, 0.25) is 0 Å². The van der Waals surface area contributed by atoms with E-state index in [4.69, 9.17) is 9.84 Å². The van der Waals surface area contributed by atoms with Gasteiger partial charge in [-0.05, 0) is 26.7 Å². The minimum atomic E-state index is -1.26. The molecule has 1 saturated heterocycles. The van der Waals surface area contributed by atoms with Crippen molar-refractivity contribution in [3.05, 3.63) is 0 Å². The fourth-order valence-electron chi connectivity index (χ4n) is 1.98. The van der Waals surface area contributed by atoms with E-state index in [9.17, 15) is 9.59 Å². The summed E-state index contributed by atoms with van der Waals surface area (Å²) in [6, 6.07) is -0.454. The molecule has 3 N–H and O–H groups in total. The topological polar surface area (TPSA) is 87.7 Å². The summed E-state index contributed by atoms with van der Waals surface area (Å²) in [7, 11) is 0. The highest BCUT2D eigenvalue weighted by atomic mass is 16.5. The summed E-state index contributed by atoms with van der Waals surface area (Å²) in [5.41, 5.74) is -1.26. The molecule has 0 aliphatic carbocycles. The number of nitrogens with one attached hydrogen (secondary N) is 2. The van der Waals surface area contributed by atoms with E-state index in [2.05, 4.69) is 17.6 Å². The first-order valence-electron chi connectivity index (χ1n) is 6.27. The zero-order chi connectivity index (χ0) is 13.8. The van der Waals surface area contributed by atoms with Gasteiger partial charge in [-0.25, -0.2) is 9.59 Å². The molecule has 104 valence electrons. The SMILES string of the molecule is CCC1OCCC1CNC(=O)NC(C)(C)C(=O)O. The first-order chi connectivity index (χ1) is 8.36. The number of carboxylic acids is 1. The Kier molecular flexibility index (Phi) is 4.95. The molecule has 2 atom stereocenters. The highest BCUT2D eigenvalue weighted by Gasteiger charge is 2.30.